The zero-order chi connectivity index (χ0) is 13.2. The molecule has 0 bridgehead atoms. The number of hydrogen-bond acceptors (Lipinski definition) is 1. The normalized spacial score (nSPS) is 30.7. The summed E-state index contributed by atoms with van der Waals surface area (Å²) in [4.78, 5) is 0. The lowest BCUT2D eigenvalue weighted by atomic mass is 9.77. The van der Waals surface area contributed by atoms with Gasteiger partial charge in [-0.3, -0.25) is 0 Å². The lowest BCUT2D eigenvalue weighted by molar-refractivity contribution is 0.253. The Morgan fingerprint density at radius 2 is 1.84 bits per heavy atom. The monoisotopic (exact) mass is 257 g/mol. The van der Waals surface area contributed by atoms with Gasteiger partial charge in [-0.15, -0.1) is 0 Å². The first kappa shape index (κ1) is 13.0. The maximum absolute atomic E-state index is 3.89. The predicted octanol–water partition coefficient (Wildman–Crippen LogP) is 4.80. The minimum Gasteiger partial charge on any atom is -0.382 e. The van der Waals surface area contributed by atoms with E-state index in [1.807, 2.05) is 0 Å². The molecule has 3 unspecified atom stereocenters. The zero-order valence-corrected chi connectivity index (χ0v) is 12.4. The second-order valence-corrected chi connectivity index (χ2v) is 6.67. The molecule has 19 heavy (non-hydrogen) atoms. The second kappa shape index (κ2) is 5.56. The smallest absolute Gasteiger partial charge is 0.0377 e. The number of nitrogens with one attached hydrogen (secondary N) is 1. The van der Waals surface area contributed by atoms with E-state index in [1.165, 1.54) is 50.6 Å². The van der Waals surface area contributed by atoms with Crippen molar-refractivity contribution in [2.75, 3.05) is 5.32 Å². The maximum Gasteiger partial charge on any atom is 0.0377 e. The van der Waals surface area contributed by atoms with Gasteiger partial charge in [-0.1, -0.05) is 38.8 Å². The molecule has 0 aromatic heterocycles. The van der Waals surface area contributed by atoms with Gasteiger partial charge in [0.2, 0.25) is 0 Å². The lowest BCUT2D eigenvalue weighted by Gasteiger charge is -2.36. The molecule has 0 amide bonds. The van der Waals surface area contributed by atoms with E-state index in [-0.39, 0.29) is 0 Å². The van der Waals surface area contributed by atoms with Gasteiger partial charge in [0.25, 0.3) is 0 Å². The van der Waals surface area contributed by atoms with E-state index >= 15 is 0 Å². The first-order chi connectivity index (χ1) is 9.25. The molecule has 1 aromatic carbocycles. The Morgan fingerprint density at radius 3 is 2.74 bits per heavy atom. The van der Waals surface area contributed by atoms with Gasteiger partial charge in [-0.05, 0) is 61.1 Å². The molecular formula is C18H27N. The van der Waals surface area contributed by atoms with Crippen LogP contribution < -0.4 is 5.32 Å². The average molecular weight is 257 g/mol. The Labute approximate surface area is 117 Å². The van der Waals surface area contributed by atoms with Crippen LogP contribution in [0.15, 0.2) is 18.2 Å². The summed E-state index contributed by atoms with van der Waals surface area (Å²) in [5, 5.41) is 3.89. The number of rotatable bonds is 2. The summed E-state index contributed by atoms with van der Waals surface area (Å²) in [7, 11) is 0. The van der Waals surface area contributed by atoms with Crippen molar-refractivity contribution in [3.8, 4) is 0 Å². The quantitative estimate of drug-likeness (QED) is 0.802. The Bertz CT molecular complexity index is 437. The highest BCUT2D eigenvalue weighted by molar-refractivity contribution is 5.56. The van der Waals surface area contributed by atoms with E-state index in [0.717, 1.165) is 11.8 Å². The molecule has 0 radical (unpaired) electrons. The average Bonchev–Trinajstić information content (AvgIpc) is 2.44. The highest BCUT2D eigenvalue weighted by Gasteiger charge is 2.27. The van der Waals surface area contributed by atoms with Gasteiger partial charge in [0.05, 0.1) is 0 Å². The molecule has 2 aliphatic rings. The fourth-order valence-electron chi connectivity index (χ4n) is 3.90. The van der Waals surface area contributed by atoms with E-state index < -0.39 is 0 Å². The van der Waals surface area contributed by atoms with Crippen molar-refractivity contribution >= 4 is 5.69 Å². The van der Waals surface area contributed by atoms with Gasteiger partial charge >= 0.3 is 0 Å². The molecule has 2 aliphatic carbocycles. The standard InChI is InChI=1S/C18H27N/c1-13-7-5-11-17(14(13)2)19-18-12-6-9-15-8-3-4-10-16(15)18/h6,9,12-14,17,19H,3-5,7-8,10-11H2,1-2H3. The van der Waals surface area contributed by atoms with Crippen molar-refractivity contribution in [1.29, 1.82) is 0 Å². The van der Waals surface area contributed by atoms with Crippen molar-refractivity contribution in [1.82, 2.24) is 0 Å². The largest absolute Gasteiger partial charge is 0.382 e. The van der Waals surface area contributed by atoms with Gasteiger partial charge < -0.3 is 5.32 Å². The van der Waals surface area contributed by atoms with Crippen molar-refractivity contribution < 1.29 is 0 Å². The zero-order valence-electron chi connectivity index (χ0n) is 12.4. The van der Waals surface area contributed by atoms with Gasteiger partial charge in [0.15, 0.2) is 0 Å². The van der Waals surface area contributed by atoms with Crippen molar-refractivity contribution in [2.45, 2.75) is 64.8 Å². The van der Waals surface area contributed by atoms with Crippen molar-refractivity contribution in [3.63, 3.8) is 0 Å². The third-order valence-electron chi connectivity index (χ3n) is 5.44. The lowest BCUT2D eigenvalue weighted by Crippen LogP contribution is -2.35. The summed E-state index contributed by atoms with van der Waals surface area (Å²) < 4.78 is 0. The molecule has 1 saturated carbocycles. The molecule has 1 aromatic rings. The molecule has 1 fully saturated rings. The molecular weight excluding hydrogens is 230 g/mol. The third kappa shape index (κ3) is 2.66. The Hall–Kier alpha value is -0.980. The number of hydrogen-bond donors (Lipinski definition) is 1. The first-order valence-electron chi connectivity index (χ1n) is 8.13. The van der Waals surface area contributed by atoms with E-state index in [2.05, 4.69) is 37.4 Å². The van der Waals surface area contributed by atoms with Crippen LogP contribution in [0.5, 0.6) is 0 Å². The van der Waals surface area contributed by atoms with Gasteiger partial charge in [0, 0.05) is 11.7 Å². The number of benzene rings is 1. The molecule has 1 heteroatoms. The topological polar surface area (TPSA) is 12.0 Å². The van der Waals surface area contributed by atoms with Crippen LogP contribution in [0, 0.1) is 11.8 Å². The van der Waals surface area contributed by atoms with Crippen LogP contribution in [0.1, 0.15) is 57.1 Å². The Kier molecular flexibility index (Phi) is 3.81. The molecule has 3 atom stereocenters. The van der Waals surface area contributed by atoms with Crippen LogP contribution in [-0.2, 0) is 12.8 Å². The third-order valence-corrected chi connectivity index (χ3v) is 5.44. The van der Waals surface area contributed by atoms with E-state index in [0.29, 0.717) is 6.04 Å². The summed E-state index contributed by atoms with van der Waals surface area (Å²) in [5.74, 6) is 1.67. The van der Waals surface area contributed by atoms with Crippen LogP contribution >= 0.6 is 0 Å². The molecule has 0 heterocycles. The van der Waals surface area contributed by atoms with Crippen molar-refractivity contribution in [3.05, 3.63) is 29.3 Å². The molecule has 0 spiro atoms. The fourth-order valence-corrected chi connectivity index (χ4v) is 3.90. The van der Waals surface area contributed by atoms with Crippen molar-refractivity contribution in [2.24, 2.45) is 11.8 Å². The molecule has 1 nitrogen and oxygen atoms in total. The summed E-state index contributed by atoms with van der Waals surface area (Å²) >= 11 is 0. The van der Waals surface area contributed by atoms with Gasteiger partial charge in [-0.25, -0.2) is 0 Å². The first-order valence-corrected chi connectivity index (χ1v) is 8.13. The van der Waals surface area contributed by atoms with Crippen LogP contribution in [0.4, 0.5) is 5.69 Å². The van der Waals surface area contributed by atoms with Gasteiger partial charge in [-0.2, -0.15) is 0 Å². The summed E-state index contributed by atoms with van der Waals surface area (Å²) in [6.45, 7) is 4.84. The molecule has 1 N–H and O–H groups in total. The highest BCUT2D eigenvalue weighted by Crippen LogP contribution is 2.34. The maximum atomic E-state index is 3.89. The Morgan fingerprint density at radius 1 is 1.00 bits per heavy atom. The number of fused-ring (bicyclic) bond motifs is 1. The van der Waals surface area contributed by atoms with Crippen LogP contribution in [0.25, 0.3) is 0 Å². The molecule has 0 aliphatic heterocycles. The van der Waals surface area contributed by atoms with E-state index in [1.54, 1.807) is 11.1 Å². The summed E-state index contributed by atoms with van der Waals surface area (Å²) in [6.07, 6.45) is 9.42. The van der Waals surface area contributed by atoms with E-state index in [4.69, 9.17) is 0 Å². The van der Waals surface area contributed by atoms with Crippen LogP contribution in [-0.4, -0.2) is 6.04 Å². The number of anilines is 1. The fraction of sp³-hybridized carbons (Fsp3) is 0.667. The van der Waals surface area contributed by atoms with Crippen LogP contribution in [0.3, 0.4) is 0 Å². The SMILES string of the molecule is CC1CCCC(Nc2cccc3c2CCCC3)C1C. The molecule has 0 saturated heterocycles. The molecule has 3 rings (SSSR count). The highest BCUT2D eigenvalue weighted by atomic mass is 14.9. The molecule has 104 valence electrons. The van der Waals surface area contributed by atoms with Gasteiger partial charge in [0.1, 0.15) is 0 Å². The number of aryl methyl sites for hydroxylation is 1. The van der Waals surface area contributed by atoms with Crippen LogP contribution in [0.2, 0.25) is 0 Å². The summed E-state index contributed by atoms with van der Waals surface area (Å²) in [6, 6.07) is 7.55. The Balaban J connectivity index is 1.79. The van der Waals surface area contributed by atoms with E-state index in [9.17, 15) is 0 Å². The summed E-state index contributed by atoms with van der Waals surface area (Å²) in [5.41, 5.74) is 4.63. The minimum absolute atomic E-state index is 0.678. The predicted molar refractivity (Wildman–Crippen MR) is 82.7 cm³/mol. The second-order valence-electron chi connectivity index (χ2n) is 6.67. The minimum atomic E-state index is 0.678.